The maximum absolute atomic E-state index is 8.25. The monoisotopic (exact) mass is 366 g/mol. The molecule has 0 heterocycles. The van der Waals surface area contributed by atoms with E-state index in [0.717, 1.165) is 12.5 Å². The Kier molecular flexibility index (Phi) is 17.0. The second kappa shape index (κ2) is 18.2. The second-order valence-electron chi connectivity index (χ2n) is 7.36. The topological polar surface area (TPSA) is 82.8 Å². The summed E-state index contributed by atoms with van der Waals surface area (Å²) in [4.78, 5) is 8.25. The van der Waals surface area contributed by atoms with Gasteiger partial charge in [0, 0.05) is 5.56 Å². The normalized spacial score (nSPS) is 10.4. The first kappa shape index (κ1) is 24.4. The van der Waals surface area contributed by atoms with Gasteiger partial charge in [0.1, 0.15) is 6.54 Å². The van der Waals surface area contributed by atoms with Crippen molar-refractivity contribution in [2.24, 2.45) is 5.92 Å². The molecular formula is C21H38N2O3. The smallest absolute Gasteiger partial charge is 0.101 e. The molecule has 0 saturated carbocycles. The van der Waals surface area contributed by atoms with E-state index in [1.807, 2.05) is 0 Å². The van der Waals surface area contributed by atoms with Gasteiger partial charge < -0.3 is 20.6 Å². The van der Waals surface area contributed by atoms with Gasteiger partial charge in [-0.2, -0.15) is 0 Å². The highest BCUT2D eigenvalue weighted by molar-refractivity contribution is 5.12. The van der Waals surface area contributed by atoms with Crippen molar-refractivity contribution in [2.45, 2.75) is 84.6 Å². The predicted octanol–water partition coefficient (Wildman–Crippen LogP) is 5.07. The van der Waals surface area contributed by atoms with Crippen LogP contribution >= 0.6 is 0 Å². The number of unbranched alkanes of at least 4 members (excludes halogenated alkanes) is 8. The summed E-state index contributed by atoms with van der Waals surface area (Å²) in [6.07, 6.45) is 14.3. The fourth-order valence-electron chi connectivity index (χ4n) is 2.96. The van der Waals surface area contributed by atoms with Crippen LogP contribution in [0.5, 0.6) is 0 Å². The molecular weight excluding hydrogens is 328 g/mol. The van der Waals surface area contributed by atoms with Crippen LogP contribution < -0.4 is 5.32 Å². The number of hydrogen-bond acceptors (Lipinski definition) is 3. The zero-order chi connectivity index (χ0) is 19.5. The zero-order valence-electron chi connectivity index (χ0n) is 16.7. The standard InChI is InChI=1S/C21H37N.NO3/c1-20(2)15-11-8-6-4-3-5-7-9-14-18-22-19-21-16-12-10-13-17-21;2-1(3)4/h10,12-13,16-17,20,22H,3-9,11,14-15,18-19H2,1-2H3;/q;-1/p+1. The van der Waals surface area contributed by atoms with E-state index in [-0.39, 0.29) is 0 Å². The first-order valence-corrected chi connectivity index (χ1v) is 10.2. The minimum Gasteiger partial charge on any atom is -0.356 e. The lowest BCUT2D eigenvalue weighted by Gasteiger charge is -2.05. The van der Waals surface area contributed by atoms with Crippen LogP contribution in [-0.4, -0.2) is 11.6 Å². The van der Waals surface area contributed by atoms with E-state index in [4.69, 9.17) is 15.3 Å². The molecule has 0 bridgehead atoms. The van der Waals surface area contributed by atoms with Crippen molar-refractivity contribution < 1.29 is 10.4 Å². The Morgan fingerprint density at radius 3 is 1.81 bits per heavy atom. The molecule has 0 saturated heterocycles. The molecule has 0 aliphatic heterocycles. The van der Waals surface area contributed by atoms with Crippen molar-refractivity contribution in [3.8, 4) is 0 Å². The van der Waals surface area contributed by atoms with E-state index >= 15 is 0 Å². The Morgan fingerprint density at radius 2 is 1.31 bits per heavy atom. The van der Waals surface area contributed by atoms with E-state index < -0.39 is 5.09 Å². The molecule has 26 heavy (non-hydrogen) atoms. The van der Waals surface area contributed by atoms with Crippen LogP contribution in [0.4, 0.5) is 0 Å². The Bertz CT molecular complexity index is 421. The van der Waals surface area contributed by atoms with Crippen LogP contribution in [0.25, 0.3) is 0 Å². The maximum atomic E-state index is 8.25. The molecule has 0 spiro atoms. The molecule has 2 N–H and O–H groups in total. The SMILES string of the molecule is CC(C)CCCCCCCCCCC[NH2+]Cc1ccccc1.O=[N+]([O-])[O-]. The number of benzene rings is 1. The number of hydrogen-bond donors (Lipinski definition) is 1. The number of rotatable bonds is 14. The third-order valence-corrected chi connectivity index (χ3v) is 4.41. The first-order chi connectivity index (χ1) is 12.5. The molecule has 1 aromatic carbocycles. The van der Waals surface area contributed by atoms with Gasteiger partial charge in [-0.15, -0.1) is 0 Å². The molecule has 5 nitrogen and oxygen atoms in total. The Labute approximate surface area is 159 Å². The molecule has 0 amide bonds. The van der Waals surface area contributed by atoms with Gasteiger partial charge in [-0.3, -0.25) is 0 Å². The molecule has 150 valence electrons. The maximum Gasteiger partial charge on any atom is 0.101 e. The molecule has 1 rings (SSSR count). The van der Waals surface area contributed by atoms with Gasteiger partial charge in [0.2, 0.25) is 0 Å². The molecule has 5 heteroatoms. The first-order valence-electron chi connectivity index (χ1n) is 10.2. The summed E-state index contributed by atoms with van der Waals surface area (Å²) in [6.45, 7) is 7.08. The molecule has 0 aromatic heterocycles. The molecule has 0 atom stereocenters. The van der Waals surface area contributed by atoms with Crippen molar-refractivity contribution in [2.75, 3.05) is 6.54 Å². The van der Waals surface area contributed by atoms with E-state index in [1.165, 1.54) is 76.3 Å². The van der Waals surface area contributed by atoms with Gasteiger partial charge in [0.05, 0.1) is 11.6 Å². The predicted molar refractivity (Wildman–Crippen MR) is 108 cm³/mol. The van der Waals surface area contributed by atoms with Gasteiger partial charge in [0.25, 0.3) is 0 Å². The highest BCUT2D eigenvalue weighted by atomic mass is 16.9. The molecule has 1 aromatic rings. The van der Waals surface area contributed by atoms with E-state index in [1.54, 1.807) is 0 Å². The molecule has 0 aliphatic rings. The van der Waals surface area contributed by atoms with Crippen molar-refractivity contribution in [3.63, 3.8) is 0 Å². The largest absolute Gasteiger partial charge is 0.356 e. The van der Waals surface area contributed by atoms with E-state index in [2.05, 4.69) is 49.5 Å². The summed E-state index contributed by atoms with van der Waals surface area (Å²) >= 11 is 0. The van der Waals surface area contributed by atoms with Gasteiger partial charge in [-0.1, -0.05) is 95.5 Å². The van der Waals surface area contributed by atoms with Crippen molar-refractivity contribution >= 4 is 0 Å². The van der Waals surface area contributed by atoms with Gasteiger partial charge in [0.15, 0.2) is 0 Å². The van der Waals surface area contributed by atoms with Crippen LogP contribution in [0.3, 0.4) is 0 Å². The molecule has 0 fully saturated rings. The van der Waals surface area contributed by atoms with Gasteiger partial charge in [-0.25, -0.2) is 0 Å². The Balaban J connectivity index is 0.00000141. The summed E-state index contributed by atoms with van der Waals surface area (Å²) in [5, 5.41) is 17.2. The lowest BCUT2D eigenvalue weighted by molar-refractivity contribution is -0.671. The number of quaternary nitrogens is 1. The number of nitrogens with two attached hydrogens (primary N) is 1. The van der Waals surface area contributed by atoms with E-state index in [0.29, 0.717) is 0 Å². The summed E-state index contributed by atoms with van der Waals surface area (Å²) < 4.78 is 0. The number of nitrogens with zero attached hydrogens (tertiary/aromatic N) is 1. The Hall–Kier alpha value is -1.62. The van der Waals surface area contributed by atoms with Crippen molar-refractivity contribution in [3.05, 3.63) is 51.2 Å². The van der Waals surface area contributed by atoms with Crippen molar-refractivity contribution in [1.82, 2.24) is 0 Å². The van der Waals surface area contributed by atoms with Crippen LogP contribution in [0.1, 0.15) is 83.6 Å². The third-order valence-electron chi connectivity index (χ3n) is 4.41. The fraction of sp³-hybridized carbons (Fsp3) is 0.714. The van der Waals surface area contributed by atoms with Crippen LogP contribution in [0, 0.1) is 21.2 Å². The lowest BCUT2D eigenvalue weighted by atomic mass is 10.0. The van der Waals surface area contributed by atoms with E-state index in [9.17, 15) is 0 Å². The highest BCUT2D eigenvalue weighted by Crippen LogP contribution is 2.12. The summed E-state index contributed by atoms with van der Waals surface area (Å²) in [7, 11) is 0. The summed E-state index contributed by atoms with van der Waals surface area (Å²) in [5.41, 5.74) is 1.44. The minimum atomic E-state index is -1.75. The average molecular weight is 367 g/mol. The zero-order valence-corrected chi connectivity index (χ0v) is 16.7. The van der Waals surface area contributed by atoms with Crippen LogP contribution in [0.15, 0.2) is 30.3 Å². The summed E-state index contributed by atoms with van der Waals surface area (Å²) in [5.74, 6) is 0.888. The quantitative estimate of drug-likeness (QED) is 0.283. The molecule has 0 unspecified atom stereocenters. The second-order valence-corrected chi connectivity index (χ2v) is 7.36. The van der Waals surface area contributed by atoms with Crippen molar-refractivity contribution in [1.29, 1.82) is 0 Å². The third kappa shape index (κ3) is 20.4. The Morgan fingerprint density at radius 1 is 0.846 bits per heavy atom. The van der Waals surface area contributed by atoms with Gasteiger partial charge in [-0.05, 0) is 18.8 Å². The van der Waals surface area contributed by atoms with Crippen LogP contribution in [-0.2, 0) is 6.54 Å². The average Bonchev–Trinajstić information content (AvgIpc) is 2.59. The molecule has 0 aliphatic carbocycles. The van der Waals surface area contributed by atoms with Gasteiger partial charge >= 0.3 is 0 Å². The minimum absolute atomic E-state index is 0.888. The fourth-order valence-corrected chi connectivity index (χ4v) is 2.96. The van der Waals surface area contributed by atoms with Crippen LogP contribution in [0.2, 0.25) is 0 Å². The summed E-state index contributed by atoms with van der Waals surface area (Å²) in [6, 6.07) is 10.8. The molecule has 0 radical (unpaired) electrons. The highest BCUT2D eigenvalue weighted by Gasteiger charge is 1.97. The lowest BCUT2D eigenvalue weighted by Crippen LogP contribution is -2.82.